The number of hydrogen-bond acceptors (Lipinski definition) is 3. The van der Waals surface area contributed by atoms with Crippen molar-refractivity contribution in [1.82, 2.24) is 15.1 Å². The topological polar surface area (TPSA) is 69.7 Å². The Morgan fingerprint density at radius 2 is 1.83 bits per heavy atom. The normalized spacial score (nSPS) is 20.7. The molecule has 0 saturated carbocycles. The number of benzene rings is 1. The molecule has 1 fully saturated rings. The number of imide groups is 1. The van der Waals surface area contributed by atoms with Crippen LogP contribution in [-0.2, 0) is 0 Å². The summed E-state index contributed by atoms with van der Waals surface area (Å²) in [6.07, 6.45) is 3.20. The molecule has 1 saturated heterocycles. The van der Waals surface area contributed by atoms with Gasteiger partial charge in [-0.25, -0.2) is 4.79 Å². The van der Waals surface area contributed by atoms with E-state index in [1.807, 2.05) is 11.8 Å². The minimum atomic E-state index is -0.286. The molecule has 2 aliphatic rings. The fourth-order valence-corrected chi connectivity index (χ4v) is 3.22. The van der Waals surface area contributed by atoms with E-state index in [2.05, 4.69) is 5.32 Å². The quantitative estimate of drug-likeness (QED) is 0.866. The van der Waals surface area contributed by atoms with E-state index in [4.69, 9.17) is 0 Å². The van der Waals surface area contributed by atoms with E-state index >= 15 is 0 Å². The lowest BCUT2D eigenvalue weighted by molar-refractivity contribution is 0.0654. The van der Waals surface area contributed by atoms with E-state index in [-0.39, 0.29) is 37.0 Å². The van der Waals surface area contributed by atoms with Gasteiger partial charge in [0.25, 0.3) is 11.8 Å². The van der Waals surface area contributed by atoms with E-state index in [0.29, 0.717) is 11.1 Å². The average Bonchev–Trinajstić information content (AvgIpc) is 2.80. The number of likely N-dealkylation sites (tertiary alicyclic amines) is 1. The minimum absolute atomic E-state index is 0.117. The molecule has 122 valence electrons. The van der Waals surface area contributed by atoms with Gasteiger partial charge in [-0.15, -0.1) is 0 Å². The van der Waals surface area contributed by atoms with Gasteiger partial charge in [-0.3, -0.25) is 14.5 Å². The molecule has 1 aromatic carbocycles. The van der Waals surface area contributed by atoms with Crippen molar-refractivity contribution in [2.75, 3.05) is 19.6 Å². The minimum Gasteiger partial charge on any atom is -0.336 e. The summed E-state index contributed by atoms with van der Waals surface area (Å²) >= 11 is 0. The number of fused-ring (bicyclic) bond motifs is 1. The number of rotatable bonds is 3. The molecule has 1 unspecified atom stereocenters. The Labute approximate surface area is 135 Å². The maximum atomic E-state index is 12.2. The molecule has 2 heterocycles. The number of piperidine rings is 1. The van der Waals surface area contributed by atoms with Crippen molar-refractivity contribution in [3.8, 4) is 0 Å². The predicted octanol–water partition coefficient (Wildman–Crippen LogP) is 1.87. The van der Waals surface area contributed by atoms with Gasteiger partial charge in [0.05, 0.1) is 11.1 Å². The Morgan fingerprint density at radius 3 is 2.43 bits per heavy atom. The van der Waals surface area contributed by atoms with Crippen molar-refractivity contribution in [1.29, 1.82) is 0 Å². The monoisotopic (exact) mass is 315 g/mol. The van der Waals surface area contributed by atoms with Gasteiger partial charge in [-0.2, -0.15) is 0 Å². The smallest absolute Gasteiger partial charge is 0.317 e. The Bertz CT molecular complexity index is 609. The molecule has 1 N–H and O–H groups in total. The van der Waals surface area contributed by atoms with Crippen LogP contribution in [0.5, 0.6) is 0 Å². The van der Waals surface area contributed by atoms with Crippen LogP contribution >= 0.6 is 0 Å². The maximum absolute atomic E-state index is 12.2. The van der Waals surface area contributed by atoms with Crippen molar-refractivity contribution in [2.24, 2.45) is 0 Å². The number of carbonyl (C=O) groups excluding carboxylic acids is 3. The van der Waals surface area contributed by atoms with Gasteiger partial charge < -0.3 is 10.2 Å². The number of amides is 4. The molecule has 0 aliphatic carbocycles. The molecular formula is C17H21N3O3. The first-order valence-corrected chi connectivity index (χ1v) is 8.09. The first-order chi connectivity index (χ1) is 11.1. The zero-order valence-corrected chi connectivity index (χ0v) is 13.2. The second-order valence-corrected chi connectivity index (χ2v) is 6.08. The van der Waals surface area contributed by atoms with Crippen LogP contribution in [0.1, 0.15) is 46.9 Å². The van der Waals surface area contributed by atoms with Gasteiger partial charge in [0.1, 0.15) is 0 Å². The lowest BCUT2D eigenvalue weighted by Gasteiger charge is -2.33. The summed E-state index contributed by atoms with van der Waals surface area (Å²) in [5.74, 6) is -0.572. The van der Waals surface area contributed by atoms with Crippen molar-refractivity contribution in [2.45, 2.75) is 32.2 Å². The highest BCUT2D eigenvalue weighted by Gasteiger charge is 2.34. The van der Waals surface area contributed by atoms with Gasteiger partial charge in [0.2, 0.25) is 0 Å². The Morgan fingerprint density at radius 1 is 1.17 bits per heavy atom. The zero-order chi connectivity index (χ0) is 16.4. The zero-order valence-electron chi connectivity index (χ0n) is 13.2. The van der Waals surface area contributed by atoms with Crippen molar-refractivity contribution in [3.63, 3.8) is 0 Å². The fourth-order valence-electron chi connectivity index (χ4n) is 3.22. The molecule has 1 atom stereocenters. The molecule has 0 aromatic heterocycles. The summed E-state index contributed by atoms with van der Waals surface area (Å²) in [5, 5.41) is 2.82. The second kappa shape index (κ2) is 6.40. The molecule has 1 aromatic rings. The summed E-state index contributed by atoms with van der Waals surface area (Å²) in [6.45, 7) is 3.27. The van der Waals surface area contributed by atoms with Crippen LogP contribution < -0.4 is 5.32 Å². The number of nitrogens with one attached hydrogen (secondary N) is 1. The summed E-state index contributed by atoms with van der Waals surface area (Å²) in [5.41, 5.74) is 0.877. The number of hydrogen-bond donors (Lipinski definition) is 1. The van der Waals surface area contributed by atoms with E-state index in [1.54, 1.807) is 24.3 Å². The lowest BCUT2D eigenvalue weighted by atomic mass is 10.0. The molecule has 0 radical (unpaired) electrons. The van der Waals surface area contributed by atoms with Crippen LogP contribution in [0.2, 0.25) is 0 Å². The Hall–Kier alpha value is -2.37. The first-order valence-electron chi connectivity index (χ1n) is 8.09. The van der Waals surface area contributed by atoms with Crippen LogP contribution in [0, 0.1) is 0 Å². The first kappa shape index (κ1) is 15.5. The molecule has 6 heteroatoms. The molecule has 0 bridgehead atoms. The standard InChI is InChI=1S/C17H21N3O3/c1-12-6-4-5-10-19(12)17(23)18-9-11-20-15(21)13-7-2-3-8-14(13)16(20)22/h2-3,7-8,12H,4-6,9-11H2,1H3,(H,18,23). The third-order valence-electron chi connectivity index (χ3n) is 4.55. The van der Waals surface area contributed by atoms with Crippen LogP contribution in [-0.4, -0.2) is 53.3 Å². The third-order valence-corrected chi connectivity index (χ3v) is 4.55. The van der Waals surface area contributed by atoms with Crippen molar-refractivity contribution >= 4 is 17.8 Å². The fraction of sp³-hybridized carbons (Fsp3) is 0.471. The highest BCUT2D eigenvalue weighted by atomic mass is 16.2. The van der Waals surface area contributed by atoms with E-state index in [1.165, 1.54) is 4.90 Å². The van der Waals surface area contributed by atoms with Gasteiger partial charge in [0, 0.05) is 25.7 Å². The number of carbonyl (C=O) groups is 3. The third kappa shape index (κ3) is 2.93. The molecule has 23 heavy (non-hydrogen) atoms. The summed E-state index contributed by atoms with van der Waals surface area (Å²) in [6, 6.07) is 6.92. The summed E-state index contributed by atoms with van der Waals surface area (Å²) in [4.78, 5) is 39.7. The van der Waals surface area contributed by atoms with Crippen LogP contribution in [0.25, 0.3) is 0 Å². The number of urea groups is 1. The van der Waals surface area contributed by atoms with Crippen LogP contribution in [0.15, 0.2) is 24.3 Å². The lowest BCUT2D eigenvalue weighted by Crippen LogP contribution is -2.49. The number of nitrogens with zero attached hydrogens (tertiary/aromatic N) is 2. The Balaban J connectivity index is 1.55. The van der Waals surface area contributed by atoms with E-state index in [9.17, 15) is 14.4 Å². The molecule has 2 aliphatic heterocycles. The average molecular weight is 315 g/mol. The van der Waals surface area contributed by atoms with Crippen LogP contribution in [0.4, 0.5) is 4.79 Å². The van der Waals surface area contributed by atoms with Gasteiger partial charge in [-0.05, 0) is 38.3 Å². The van der Waals surface area contributed by atoms with Crippen molar-refractivity contribution < 1.29 is 14.4 Å². The molecular weight excluding hydrogens is 294 g/mol. The van der Waals surface area contributed by atoms with E-state index < -0.39 is 0 Å². The SMILES string of the molecule is CC1CCCCN1C(=O)NCCN1C(=O)c2ccccc2C1=O. The molecule has 3 rings (SSSR count). The largest absolute Gasteiger partial charge is 0.336 e. The van der Waals surface area contributed by atoms with Gasteiger partial charge >= 0.3 is 6.03 Å². The van der Waals surface area contributed by atoms with Crippen molar-refractivity contribution in [3.05, 3.63) is 35.4 Å². The van der Waals surface area contributed by atoms with Gasteiger partial charge in [-0.1, -0.05) is 12.1 Å². The Kier molecular flexibility index (Phi) is 4.32. The molecule has 0 spiro atoms. The molecule has 6 nitrogen and oxygen atoms in total. The summed E-state index contributed by atoms with van der Waals surface area (Å²) in [7, 11) is 0. The summed E-state index contributed by atoms with van der Waals surface area (Å²) < 4.78 is 0. The maximum Gasteiger partial charge on any atom is 0.317 e. The second-order valence-electron chi connectivity index (χ2n) is 6.08. The highest BCUT2D eigenvalue weighted by molar-refractivity contribution is 6.21. The highest BCUT2D eigenvalue weighted by Crippen LogP contribution is 2.21. The van der Waals surface area contributed by atoms with E-state index in [0.717, 1.165) is 25.8 Å². The van der Waals surface area contributed by atoms with Crippen LogP contribution in [0.3, 0.4) is 0 Å². The molecule has 4 amide bonds. The predicted molar refractivity (Wildman–Crippen MR) is 85.2 cm³/mol. The van der Waals surface area contributed by atoms with Gasteiger partial charge in [0.15, 0.2) is 0 Å².